The van der Waals surface area contributed by atoms with Crippen LogP contribution < -0.4 is 5.32 Å². The maximum atomic E-state index is 10.1. The molecule has 2 fully saturated rings. The average molecular weight is 170 g/mol. The highest BCUT2D eigenvalue weighted by Gasteiger charge is 2.48. The van der Waals surface area contributed by atoms with Crippen LogP contribution in [0.5, 0.6) is 0 Å². The van der Waals surface area contributed by atoms with Gasteiger partial charge in [-0.1, -0.05) is 0 Å². The van der Waals surface area contributed by atoms with Gasteiger partial charge in [-0.3, -0.25) is 5.32 Å². The minimum absolute atomic E-state index is 0.0160. The van der Waals surface area contributed by atoms with Crippen molar-refractivity contribution in [2.45, 2.75) is 43.9 Å². The molecule has 3 nitrogen and oxygen atoms in total. The Balaban J connectivity index is 1.63. The van der Waals surface area contributed by atoms with Gasteiger partial charge in [-0.05, 0) is 32.1 Å². The van der Waals surface area contributed by atoms with Crippen LogP contribution in [0.25, 0.3) is 0 Å². The van der Waals surface area contributed by atoms with Crippen LogP contribution in [0.3, 0.4) is 0 Å². The summed E-state index contributed by atoms with van der Waals surface area (Å²) in [7, 11) is 0. The van der Waals surface area contributed by atoms with Crippen LogP contribution >= 0.6 is 0 Å². The van der Waals surface area contributed by atoms with Gasteiger partial charge in [-0.2, -0.15) is 0 Å². The lowest BCUT2D eigenvalue weighted by molar-refractivity contribution is 0.0259. The molecule has 1 saturated heterocycles. The topological polar surface area (TPSA) is 41.2 Å². The van der Waals surface area contributed by atoms with E-state index in [1.807, 2.05) is 0 Å². The third-order valence-electron chi connectivity index (χ3n) is 2.81. The second-order valence-electron chi connectivity index (χ2n) is 3.88. The van der Waals surface area contributed by atoms with Crippen LogP contribution in [-0.4, -0.2) is 25.0 Å². The summed E-state index contributed by atoms with van der Waals surface area (Å²) in [4.78, 5) is 0. The minimum Gasteiger partial charge on any atom is -0.363 e. The predicted octanol–water partition coefficient (Wildman–Crippen LogP) is 1.07. The van der Waals surface area contributed by atoms with E-state index in [2.05, 4.69) is 5.32 Å². The van der Waals surface area contributed by atoms with Crippen LogP contribution in [0.2, 0.25) is 0 Å². The van der Waals surface area contributed by atoms with Crippen molar-refractivity contribution >= 4 is 0 Å². The molecule has 1 saturated carbocycles. The van der Waals surface area contributed by atoms with Gasteiger partial charge in [-0.15, -0.1) is 0 Å². The van der Waals surface area contributed by atoms with Gasteiger partial charge in [0.25, 0.3) is 0 Å². The molecule has 2 aliphatic rings. The number of hydrogen-bond acceptors (Lipinski definition) is 2. The fourth-order valence-electron chi connectivity index (χ4n) is 1.85. The van der Waals surface area contributed by atoms with Crippen molar-refractivity contribution in [3.8, 4) is 0 Å². The number of rotatable bonds is 4. The molecule has 0 aromatic carbocycles. The van der Waals surface area contributed by atoms with E-state index in [4.69, 9.17) is 4.74 Å². The Labute approximate surface area is 73.1 Å². The molecule has 1 N–H and O–H groups in total. The summed E-state index contributed by atoms with van der Waals surface area (Å²) in [5, 5.41) is 13.6. The molecule has 3 heteroatoms. The molecule has 0 aromatic heterocycles. The molecule has 69 valence electrons. The van der Waals surface area contributed by atoms with E-state index in [0.717, 1.165) is 6.42 Å². The molecule has 1 aliphatic heterocycles. The SMILES string of the molecule is [O]CCCOC1CCC2(CC2)N1. The summed E-state index contributed by atoms with van der Waals surface area (Å²) >= 11 is 0. The van der Waals surface area contributed by atoms with Gasteiger partial charge in [0.1, 0.15) is 6.23 Å². The first kappa shape index (κ1) is 8.48. The van der Waals surface area contributed by atoms with Crippen LogP contribution in [0, 0.1) is 0 Å². The molecule has 1 atom stereocenters. The van der Waals surface area contributed by atoms with E-state index < -0.39 is 0 Å². The van der Waals surface area contributed by atoms with E-state index in [1.54, 1.807) is 0 Å². The third kappa shape index (κ3) is 1.79. The lowest BCUT2D eigenvalue weighted by atomic mass is 10.2. The lowest BCUT2D eigenvalue weighted by Crippen LogP contribution is -2.33. The third-order valence-corrected chi connectivity index (χ3v) is 2.81. The summed E-state index contributed by atoms with van der Waals surface area (Å²) in [6, 6.07) is 0. The molecule has 1 spiro atoms. The highest BCUT2D eigenvalue weighted by atomic mass is 16.5. The van der Waals surface area contributed by atoms with E-state index in [9.17, 15) is 5.11 Å². The Morgan fingerprint density at radius 2 is 2.25 bits per heavy atom. The largest absolute Gasteiger partial charge is 0.363 e. The molecule has 1 heterocycles. The van der Waals surface area contributed by atoms with Crippen LogP contribution in [0.15, 0.2) is 0 Å². The molecular formula is C9H16NO2. The maximum absolute atomic E-state index is 10.1. The van der Waals surface area contributed by atoms with E-state index >= 15 is 0 Å². The number of nitrogens with one attached hydrogen (secondary N) is 1. The molecule has 0 amide bonds. The minimum atomic E-state index is -0.0160. The first-order valence-corrected chi connectivity index (χ1v) is 4.82. The van der Waals surface area contributed by atoms with Gasteiger partial charge in [0.15, 0.2) is 0 Å². The quantitative estimate of drug-likeness (QED) is 0.641. The van der Waals surface area contributed by atoms with E-state index in [0.29, 0.717) is 18.6 Å². The molecule has 1 unspecified atom stereocenters. The van der Waals surface area contributed by atoms with Gasteiger partial charge < -0.3 is 4.74 Å². The van der Waals surface area contributed by atoms with Gasteiger partial charge in [-0.25, -0.2) is 5.11 Å². The lowest BCUT2D eigenvalue weighted by Gasteiger charge is -2.13. The first-order chi connectivity index (χ1) is 5.85. The Bertz CT molecular complexity index is 157. The van der Waals surface area contributed by atoms with E-state index in [1.165, 1.54) is 19.3 Å². The Hall–Kier alpha value is -0.120. The summed E-state index contributed by atoms with van der Waals surface area (Å²) in [5.41, 5.74) is 0.460. The van der Waals surface area contributed by atoms with Crippen molar-refractivity contribution in [2.24, 2.45) is 0 Å². The average Bonchev–Trinajstić information content (AvgIpc) is 2.68. The maximum Gasteiger partial charge on any atom is 0.108 e. The van der Waals surface area contributed by atoms with Crippen molar-refractivity contribution in [1.29, 1.82) is 0 Å². The van der Waals surface area contributed by atoms with Crippen molar-refractivity contribution < 1.29 is 9.84 Å². The summed E-state index contributed by atoms with van der Waals surface area (Å²) in [6.07, 6.45) is 5.89. The van der Waals surface area contributed by atoms with Crippen molar-refractivity contribution in [3.05, 3.63) is 0 Å². The number of ether oxygens (including phenoxy) is 1. The van der Waals surface area contributed by atoms with Crippen molar-refractivity contribution in [2.75, 3.05) is 13.2 Å². The molecule has 0 bridgehead atoms. The molecule has 1 radical (unpaired) electrons. The smallest absolute Gasteiger partial charge is 0.108 e. The fourth-order valence-corrected chi connectivity index (χ4v) is 1.85. The van der Waals surface area contributed by atoms with Gasteiger partial charge in [0.2, 0.25) is 0 Å². The molecule has 0 aromatic rings. The number of hydrogen-bond donors (Lipinski definition) is 1. The summed E-state index contributed by atoms with van der Waals surface area (Å²) in [6.45, 7) is 0.606. The highest BCUT2D eigenvalue weighted by Crippen LogP contribution is 2.44. The standard InChI is InChI=1S/C9H16NO2/c11-6-1-7-12-8-2-3-9(10-8)4-5-9/h8,10H,1-7H2. The highest BCUT2D eigenvalue weighted by molar-refractivity contribution is 5.06. The Morgan fingerprint density at radius 1 is 1.42 bits per heavy atom. The normalized spacial score (nSPS) is 31.2. The Kier molecular flexibility index (Phi) is 2.35. The van der Waals surface area contributed by atoms with E-state index in [-0.39, 0.29) is 12.8 Å². The van der Waals surface area contributed by atoms with Gasteiger partial charge in [0, 0.05) is 5.54 Å². The monoisotopic (exact) mass is 170 g/mol. The molecular weight excluding hydrogens is 154 g/mol. The second kappa shape index (κ2) is 3.32. The molecule has 12 heavy (non-hydrogen) atoms. The first-order valence-electron chi connectivity index (χ1n) is 4.82. The van der Waals surface area contributed by atoms with Gasteiger partial charge in [0.05, 0.1) is 13.2 Å². The van der Waals surface area contributed by atoms with Gasteiger partial charge >= 0.3 is 0 Å². The van der Waals surface area contributed by atoms with Crippen molar-refractivity contribution in [1.82, 2.24) is 5.32 Å². The van der Waals surface area contributed by atoms with Crippen LogP contribution in [0.1, 0.15) is 32.1 Å². The molecule has 1 aliphatic carbocycles. The molecule has 2 rings (SSSR count). The zero-order valence-electron chi connectivity index (χ0n) is 7.34. The zero-order chi connectivity index (χ0) is 8.44. The summed E-state index contributed by atoms with van der Waals surface area (Å²) in [5.74, 6) is 0. The van der Waals surface area contributed by atoms with Crippen molar-refractivity contribution in [3.63, 3.8) is 0 Å². The second-order valence-corrected chi connectivity index (χ2v) is 3.88. The fraction of sp³-hybridized carbons (Fsp3) is 1.00. The summed E-state index contributed by atoms with van der Waals surface area (Å²) < 4.78 is 5.51. The Morgan fingerprint density at radius 3 is 2.83 bits per heavy atom. The van der Waals surface area contributed by atoms with Crippen LogP contribution in [-0.2, 0) is 9.84 Å². The van der Waals surface area contributed by atoms with Crippen LogP contribution in [0.4, 0.5) is 0 Å². The predicted molar refractivity (Wildman–Crippen MR) is 44.2 cm³/mol. The zero-order valence-corrected chi connectivity index (χ0v) is 7.34.